The molecule has 148 valence electrons. The van der Waals surface area contributed by atoms with Crippen LogP contribution in [0.15, 0.2) is 18.2 Å². The van der Waals surface area contributed by atoms with Crippen molar-refractivity contribution < 1.29 is 4.79 Å². The third kappa shape index (κ3) is 4.74. The molecule has 1 aromatic heterocycles. The first-order valence-corrected chi connectivity index (χ1v) is 9.68. The summed E-state index contributed by atoms with van der Waals surface area (Å²) in [6, 6.07) is 5.47. The predicted molar refractivity (Wildman–Crippen MR) is 111 cm³/mol. The summed E-state index contributed by atoms with van der Waals surface area (Å²) in [7, 11) is 0. The Bertz CT molecular complexity index is 769. The highest BCUT2D eigenvalue weighted by Crippen LogP contribution is 2.28. The fraction of sp³-hybridized carbons (Fsp3) is 0.500. The molecular weight excluding hydrogens is 409 g/mol. The molecule has 1 N–H and O–H groups in total. The average molecular weight is 433 g/mol. The van der Waals surface area contributed by atoms with Gasteiger partial charge >= 0.3 is 0 Å². The Morgan fingerprint density at radius 2 is 1.93 bits per heavy atom. The van der Waals surface area contributed by atoms with Crippen molar-refractivity contribution in [2.75, 3.05) is 19.6 Å². The Morgan fingerprint density at radius 1 is 1.30 bits per heavy atom. The van der Waals surface area contributed by atoms with Crippen LogP contribution in [0.4, 0.5) is 0 Å². The summed E-state index contributed by atoms with van der Waals surface area (Å²) in [4.78, 5) is 19.4. The molecule has 0 atom stereocenters. The number of benzene rings is 1. The van der Waals surface area contributed by atoms with Crippen molar-refractivity contribution in [3.8, 4) is 5.69 Å². The van der Waals surface area contributed by atoms with Gasteiger partial charge in [-0.1, -0.05) is 36.2 Å². The van der Waals surface area contributed by atoms with Crippen molar-refractivity contribution in [2.24, 2.45) is 0 Å². The highest BCUT2D eigenvalue weighted by Gasteiger charge is 2.29. The molecule has 0 saturated carbocycles. The maximum absolute atomic E-state index is 13.1. The number of amides is 1. The minimum absolute atomic E-state index is 0. The Kier molecular flexibility index (Phi) is 7.91. The number of hydrogen-bond donors (Lipinski definition) is 1. The minimum Gasteiger partial charge on any atom is -0.333 e. The Labute approximate surface area is 175 Å². The third-order valence-corrected chi connectivity index (χ3v) is 5.19. The van der Waals surface area contributed by atoms with E-state index < -0.39 is 0 Å². The molecular formula is C18H24Cl3N5O. The van der Waals surface area contributed by atoms with Gasteiger partial charge in [0.15, 0.2) is 0 Å². The van der Waals surface area contributed by atoms with Gasteiger partial charge in [-0.15, -0.1) is 17.5 Å². The van der Waals surface area contributed by atoms with Gasteiger partial charge in [0.2, 0.25) is 5.82 Å². The predicted octanol–water partition coefficient (Wildman–Crippen LogP) is 3.91. The molecule has 2 heterocycles. The van der Waals surface area contributed by atoms with Crippen LogP contribution in [0, 0.1) is 6.92 Å². The van der Waals surface area contributed by atoms with E-state index in [2.05, 4.69) is 22.3 Å². The van der Waals surface area contributed by atoms with E-state index in [0.29, 0.717) is 28.1 Å². The van der Waals surface area contributed by atoms with Gasteiger partial charge in [0, 0.05) is 12.6 Å². The van der Waals surface area contributed by atoms with Crippen molar-refractivity contribution in [3.05, 3.63) is 39.9 Å². The number of piperidine rings is 1. The molecule has 1 fully saturated rings. The first kappa shape index (κ1) is 22.0. The number of rotatable bonds is 5. The quantitative estimate of drug-likeness (QED) is 0.778. The topological polar surface area (TPSA) is 63.1 Å². The number of para-hydroxylation sites is 1. The first-order valence-electron chi connectivity index (χ1n) is 8.92. The van der Waals surface area contributed by atoms with Crippen molar-refractivity contribution in [1.29, 1.82) is 0 Å². The molecule has 27 heavy (non-hydrogen) atoms. The molecule has 0 radical (unpaired) electrons. The van der Waals surface area contributed by atoms with Crippen LogP contribution >= 0.6 is 35.6 Å². The molecule has 1 saturated heterocycles. The molecule has 6 nitrogen and oxygen atoms in total. The maximum atomic E-state index is 13.1. The van der Waals surface area contributed by atoms with Crippen molar-refractivity contribution >= 4 is 41.5 Å². The lowest BCUT2D eigenvalue weighted by atomic mass is 10.0. The van der Waals surface area contributed by atoms with Gasteiger partial charge in [0.1, 0.15) is 11.5 Å². The van der Waals surface area contributed by atoms with Gasteiger partial charge in [-0.05, 0) is 51.4 Å². The van der Waals surface area contributed by atoms with Gasteiger partial charge in [-0.3, -0.25) is 4.79 Å². The molecule has 1 aliphatic rings. The molecule has 1 amide bonds. The molecule has 3 rings (SSSR count). The van der Waals surface area contributed by atoms with E-state index in [1.807, 2.05) is 4.90 Å². The summed E-state index contributed by atoms with van der Waals surface area (Å²) in [5, 5.41) is 8.70. The molecule has 1 aromatic carbocycles. The summed E-state index contributed by atoms with van der Waals surface area (Å²) >= 11 is 12.6. The van der Waals surface area contributed by atoms with E-state index in [-0.39, 0.29) is 30.2 Å². The third-order valence-electron chi connectivity index (χ3n) is 4.58. The van der Waals surface area contributed by atoms with Crippen molar-refractivity contribution in [3.63, 3.8) is 0 Å². The molecule has 0 bridgehead atoms. The van der Waals surface area contributed by atoms with E-state index in [1.165, 1.54) is 0 Å². The smallest absolute Gasteiger partial charge is 0.293 e. The van der Waals surface area contributed by atoms with Crippen molar-refractivity contribution in [2.45, 2.75) is 39.2 Å². The Balaban J connectivity index is 0.00000261. The zero-order valence-corrected chi connectivity index (χ0v) is 17.7. The highest BCUT2D eigenvalue weighted by molar-refractivity contribution is 6.37. The second kappa shape index (κ2) is 9.73. The van der Waals surface area contributed by atoms with E-state index in [9.17, 15) is 4.79 Å². The SMILES string of the molecule is CCCN(C(=O)c1nc(C)n(-c2c(Cl)cccc2Cl)n1)C1CCNCC1.Cl. The van der Waals surface area contributed by atoms with Crippen molar-refractivity contribution in [1.82, 2.24) is 25.0 Å². The van der Waals surface area contributed by atoms with Gasteiger partial charge in [-0.2, -0.15) is 0 Å². The molecule has 0 spiro atoms. The van der Waals surface area contributed by atoms with Crippen LogP contribution in [-0.2, 0) is 0 Å². The van der Waals surface area contributed by atoms with Crippen LogP contribution in [0.1, 0.15) is 42.6 Å². The van der Waals surface area contributed by atoms with E-state index in [0.717, 1.165) is 32.4 Å². The molecule has 0 unspecified atom stereocenters. The number of aryl methyl sites for hydroxylation is 1. The van der Waals surface area contributed by atoms with E-state index in [1.54, 1.807) is 29.8 Å². The summed E-state index contributed by atoms with van der Waals surface area (Å²) in [6.45, 7) is 6.41. The molecule has 9 heteroatoms. The molecule has 1 aliphatic heterocycles. The van der Waals surface area contributed by atoms with Crippen LogP contribution in [0.25, 0.3) is 5.69 Å². The number of carbonyl (C=O) groups excluding carboxylic acids is 1. The fourth-order valence-electron chi connectivity index (χ4n) is 3.32. The van der Waals surface area contributed by atoms with Gasteiger partial charge < -0.3 is 10.2 Å². The average Bonchev–Trinajstić information content (AvgIpc) is 3.01. The lowest BCUT2D eigenvalue weighted by Gasteiger charge is -2.33. The van der Waals surface area contributed by atoms with Gasteiger partial charge in [0.05, 0.1) is 10.0 Å². The number of nitrogens with one attached hydrogen (secondary N) is 1. The van der Waals surface area contributed by atoms with Gasteiger partial charge in [0.25, 0.3) is 5.91 Å². The zero-order chi connectivity index (χ0) is 18.7. The normalized spacial score (nSPS) is 14.7. The fourth-order valence-corrected chi connectivity index (χ4v) is 3.88. The summed E-state index contributed by atoms with van der Waals surface area (Å²) in [5.41, 5.74) is 0.545. The van der Waals surface area contributed by atoms with E-state index in [4.69, 9.17) is 23.2 Å². The lowest BCUT2D eigenvalue weighted by molar-refractivity contribution is 0.0630. The second-order valence-electron chi connectivity index (χ2n) is 6.44. The van der Waals surface area contributed by atoms with Crippen LogP contribution < -0.4 is 5.32 Å². The monoisotopic (exact) mass is 431 g/mol. The molecule has 2 aromatic rings. The number of hydrogen-bond acceptors (Lipinski definition) is 4. The number of aromatic nitrogens is 3. The van der Waals surface area contributed by atoms with Gasteiger partial charge in [-0.25, -0.2) is 9.67 Å². The van der Waals surface area contributed by atoms with Crippen LogP contribution in [-0.4, -0.2) is 51.2 Å². The number of nitrogens with zero attached hydrogens (tertiary/aromatic N) is 4. The maximum Gasteiger partial charge on any atom is 0.293 e. The Morgan fingerprint density at radius 3 is 2.52 bits per heavy atom. The largest absolute Gasteiger partial charge is 0.333 e. The van der Waals surface area contributed by atoms with Crippen LogP contribution in [0.3, 0.4) is 0 Å². The summed E-state index contributed by atoms with van der Waals surface area (Å²) in [5.74, 6) is 0.624. The van der Waals surface area contributed by atoms with Crippen LogP contribution in [0.5, 0.6) is 0 Å². The standard InChI is InChI=1S/C18H23Cl2N5O.ClH/c1-3-11-24(13-7-9-21-10-8-13)18(26)17-22-12(2)25(23-17)16-14(19)5-4-6-15(16)20;/h4-6,13,21H,3,7-11H2,1-2H3;1H. The first-order chi connectivity index (χ1) is 12.5. The van der Waals surface area contributed by atoms with E-state index >= 15 is 0 Å². The number of carbonyl (C=O) groups is 1. The second-order valence-corrected chi connectivity index (χ2v) is 7.26. The number of halogens is 3. The lowest BCUT2D eigenvalue weighted by Crippen LogP contribution is -2.46. The highest BCUT2D eigenvalue weighted by atomic mass is 35.5. The van der Waals surface area contributed by atoms with Crippen LogP contribution in [0.2, 0.25) is 10.0 Å². The minimum atomic E-state index is -0.135. The Hall–Kier alpha value is -1.34. The molecule has 0 aliphatic carbocycles. The zero-order valence-electron chi connectivity index (χ0n) is 15.4. The summed E-state index contributed by atoms with van der Waals surface area (Å²) < 4.78 is 1.55. The summed E-state index contributed by atoms with van der Waals surface area (Å²) in [6.07, 6.45) is 2.79.